The van der Waals surface area contributed by atoms with Gasteiger partial charge in [0, 0.05) is 30.6 Å². The van der Waals surface area contributed by atoms with Gasteiger partial charge in [0.1, 0.15) is 12.2 Å². The molecule has 0 aliphatic rings. The summed E-state index contributed by atoms with van der Waals surface area (Å²) in [7, 11) is 1.98. The summed E-state index contributed by atoms with van der Waals surface area (Å²) in [4.78, 5) is 8.73. The molecule has 1 aromatic carbocycles. The van der Waals surface area contributed by atoms with Gasteiger partial charge in [-0.15, -0.1) is 0 Å². The molecular formula is C16H19N5. The zero-order valence-electron chi connectivity index (χ0n) is 12.3. The van der Waals surface area contributed by atoms with E-state index in [0.717, 1.165) is 29.7 Å². The number of likely N-dealkylation sites (N-methyl/N-ethyl adjacent to an activating group) is 1. The molecule has 5 heteroatoms. The van der Waals surface area contributed by atoms with Gasteiger partial charge in [0.05, 0.1) is 5.52 Å². The lowest BCUT2D eigenvalue weighted by molar-refractivity contribution is 0.534. The van der Waals surface area contributed by atoms with E-state index < -0.39 is 0 Å². The van der Waals surface area contributed by atoms with Gasteiger partial charge in [-0.1, -0.05) is 12.1 Å². The Morgan fingerprint density at radius 2 is 2.14 bits per heavy atom. The molecule has 2 aromatic heterocycles. The number of rotatable bonds is 5. The van der Waals surface area contributed by atoms with Gasteiger partial charge < -0.3 is 5.32 Å². The molecule has 0 saturated heterocycles. The van der Waals surface area contributed by atoms with Crippen LogP contribution in [0.2, 0.25) is 0 Å². The second-order valence-corrected chi connectivity index (χ2v) is 4.99. The average Bonchev–Trinajstić information content (AvgIpc) is 2.99. The van der Waals surface area contributed by atoms with E-state index in [0.29, 0.717) is 0 Å². The van der Waals surface area contributed by atoms with Crippen molar-refractivity contribution in [1.82, 2.24) is 25.1 Å². The van der Waals surface area contributed by atoms with Crippen LogP contribution >= 0.6 is 0 Å². The largest absolute Gasteiger partial charge is 0.313 e. The van der Waals surface area contributed by atoms with E-state index in [2.05, 4.69) is 51.6 Å². The zero-order valence-corrected chi connectivity index (χ0v) is 12.3. The van der Waals surface area contributed by atoms with Gasteiger partial charge in [0.15, 0.2) is 0 Å². The average molecular weight is 281 g/mol. The predicted octanol–water partition coefficient (Wildman–Crippen LogP) is 2.35. The fourth-order valence-electron chi connectivity index (χ4n) is 2.59. The number of nitrogens with one attached hydrogen (secondary N) is 1. The third kappa shape index (κ3) is 2.78. The third-order valence-electron chi connectivity index (χ3n) is 3.76. The first-order valence-corrected chi connectivity index (χ1v) is 7.20. The van der Waals surface area contributed by atoms with Crippen LogP contribution in [0.3, 0.4) is 0 Å². The summed E-state index contributed by atoms with van der Waals surface area (Å²) in [5.74, 6) is 1.00. The zero-order chi connectivity index (χ0) is 14.7. The lowest BCUT2D eigenvalue weighted by Crippen LogP contribution is -2.21. The maximum Gasteiger partial charge on any atom is 0.138 e. The molecule has 0 bridgehead atoms. The van der Waals surface area contributed by atoms with E-state index >= 15 is 0 Å². The molecule has 0 fully saturated rings. The number of hydrogen-bond donors (Lipinski definition) is 1. The number of benzene rings is 1. The number of fused-ring (bicyclic) bond motifs is 1. The maximum absolute atomic E-state index is 4.36. The van der Waals surface area contributed by atoms with Crippen molar-refractivity contribution in [2.75, 3.05) is 7.05 Å². The van der Waals surface area contributed by atoms with Gasteiger partial charge in [-0.25, -0.2) is 4.98 Å². The molecule has 3 rings (SSSR count). The predicted molar refractivity (Wildman–Crippen MR) is 82.9 cm³/mol. The Bertz CT molecular complexity index is 734. The summed E-state index contributed by atoms with van der Waals surface area (Å²) in [6.45, 7) is 2.92. The maximum atomic E-state index is 4.36. The van der Waals surface area contributed by atoms with Crippen molar-refractivity contribution < 1.29 is 0 Å². The second kappa shape index (κ2) is 6.01. The molecule has 5 nitrogen and oxygen atoms in total. The molecule has 0 saturated carbocycles. The molecule has 108 valence electrons. The molecular weight excluding hydrogens is 262 g/mol. The molecule has 1 N–H and O–H groups in total. The molecule has 0 amide bonds. The van der Waals surface area contributed by atoms with Crippen LogP contribution in [-0.2, 0) is 13.0 Å². The molecule has 3 aromatic rings. The van der Waals surface area contributed by atoms with E-state index in [1.54, 1.807) is 6.33 Å². The molecule has 0 spiro atoms. The SMILES string of the molecule is CCn1ncnc1CC(NC)c1ccc2ncccc2c1. The Balaban J connectivity index is 1.90. The monoisotopic (exact) mass is 281 g/mol. The summed E-state index contributed by atoms with van der Waals surface area (Å²) < 4.78 is 1.94. The molecule has 2 heterocycles. The fraction of sp³-hybridized carbons (Fsp3) is 0.312. The Morgan fingerprint density at radius 1 is 1.24 bits per heavy atom. The minimum Gasteiger partial charge on any atom is -0.313 e. The van der Waals surface area contributed by atoms with E-state index in [9.17, 15) is 0 Å². The molecule has 21 heavy (non-hydrogen) atoms. The van der Waals surface area contributed by atoms with Crippen molar-refractivity contribution in [2.45, 2.75) is 25.9 Å². The second-order valence-electron chi connectivity index (χ2n) is 4.99. The van der Waals surface area contributed by atoms with Gasteiger partial charge in [0.25, 0.3) is 0 Å². The first-order valence-electron chi connectivity index (χ1n) is 7.20. The molecule has 0 radical (unpaired) electrons. The quantitative estimate of drug-likeness (QED) is 0.780. The Kier molecular flexibility index (Phi) is 3.92. The van der Waals surface area contributed by atoms with E-state index in [1.807, 2.05) is 24.0 Å². The standard InChI is InChI=1S/C16H19N5/c1-3-21-16(19-11-20-21)10-15(17-2)13-6-7-14-12(9-13)5-4-8-18-14/h4-9,11,15,17H,3,10H2,1-2H3. The van der Waals surface area contributed by atoms with Crippen molar-refractivity contribution in [3.05, 3.63) is 54.2 Å². The highest BCUT2D eigenvalue weighted by molar-refractivity contribution is 5.79. The van der Waals surface area contributed by atoms with Crippen molar-refractivity contribution in [3.8, 4) is 0 Å². The smallest absolute Gasteiger partial charge is 0.138 e. The first-order chi connectivity index (χ1) is 10.3. The van der Waals surface area contributed by atoms with Crippen LogP contribution in [0, 0.1) is 0 Å². The lowest BCUT2D eigenvalue weighted by atomic mass is 10.0. The highest BCUT2D eigenvalue weighted by Gasteiger charge is 2.14. The summed E-state index contributed by atoms with van der Waals surface area (Å²) in [6.07, 6.45) is 4.26. The summed E-state index contributed by atoms with van der Waals surface area (Å²) >= 11 is 0. The first kappa shape index (κ1) is 13.7. The van der Waals surface area contributed by atoms with Crippen molar-refractivity contribution in [1.29, 1.82) is 0 Å². The van der Waals surface area contributed by atoms with Crippen molar-refractivity contribution in [2.24, 2.45) is 0 Å². The third-order valence-corrected chi connectivity index (χ3v) is 3.76. The Morgan fingerprint density at radius 3 is 2.95 bits per heavy atom. The van der Waals surface area contributed by atoms with Crippen LogP contribution in [0.5, 0.6) is 0 Å². The topological polar surface area (TPSA) is 55.6 Å². The van der Waals surface area contributed by atoms with Crippen LogP contribution in [0.15, 0.2) is 42.9 Å². The summed E-state index contributed by atoms with van der Waals surface area (Å²) in [5.41, 5.74) is 2.26. The van der Waals surface area contributed by atoms with E-state index in [4.69, 9.17) is 0 Å². The number of nitrogens with zero attached hydrogens (tertiary/aromatic N) is 4. The molecule has 0 aliphatic carbocycles. The van der Waals surface area contributed by atoms with E-state index in [-0.39, 0.29) is 6.04 Å². The Hall–Kier alpha value is -2.27. The van der Waals surface area contributed by atoms with Gasteiger partial charge in [-0.3, -0.25) is 9.67 Å². The minimum absolute atomic E-state index is 0.212. The molecule has 0 aliphatic heterocycles. The van der Waals surface area contributed by atoms with Crippen LogP contribution in [0.4, 0.5) is 0 Å². The normalized spacial score (nSPS) is 12.7. The van der Waals surface area contributed by atoms with Crippen LogP contribution in [-0.4, -0.2) is 26.8 Å². The number of aromatic nitrogens is 4. The van der Waals surface area contributed by atoms with Crippen LogP contribution in [0.25, 0.3) is 10.9 Å². The summed E-state index contributed by atoms with van der Waals surface area (Å²) in [5, 5.41) is 8.76. The molecule has 1 atom stereocenters. The van der Waals surface area contributed by atoms with Gasteiger partial charge in [-0.05, 0) is 37.7 Å². The van der Waals surface area contributed by atoms with Gasteiger partial charge in [0.2, 0.25) is 0 Å². The van der Waals surface area contributed by atoms with Crippen LogP contribution < -0.4 is 5.32 Å². The number of aryl methyl sites for hydroxylation is 1. The van der Waals surface area contributed by atoms with Crippen LogP contribution in [0.1, 0.15) is 24.4 Å². The highest BCUT2D eigenvalue weighted by Crippen LogP contribution is 2.21. The number of hydrogen-bond acceptors (Lipinski definition) is 4. The van der Waals surface area contributed by atoms with Crippen molar-refractivity contribution >= 4 is 10.9 Å². The lowest BCUT2D eigenvalue weighted by Gasteiger charge is -2.17. The Labute approximate surface area is 124 Å². The minimum atomic E-state index is 0.212. The highest BCUT2D eigenvalue weighted by atomic mass is 15.3. The van der Waals surface area contributed by atoms with E-state index in [1.165, 1.54) is 5.56 Å². The van der Waals surface area contributed by atoms with Gasteiger partial charge >= 0.3 is 0 Å². The fourth-order valence-corrected chi connectivity index (χ4v) is 2.59. The van der Waals surface area contributed by atoms with Crippen molar-refractivity contribution in [3.63, 3.8) is 0 Å². The van der Waals surface area contributed by atoms with Gasteiger partial charge in [-0.2, -0.15) is 5.10 Å². The molecule has 1 unspecified atom stereocenters. The summed E-state index contributed by atoms with van der Waals surface area (Å²) in [6, 6.07) is 10.7. The number of pyridine rings is 1.